The first-order valence-corrected chi connectivity index (χ1v) is 5.13. The third kappa shape index (κ3) is 3.04. The Balaban J connectivity index is 2.63. The molecular formula is C11H13ClO2. The first-order valence-electron chi connectivity index (χ1n) is 4.60. The van der Waals surface area contributed by atoms with Crippen LogP contribution in [-0.4, -0.2) is 18.3 Å². The van der Waals surface area contributed by atoms with Crippen LogP contribution < -0.4 is 4.74 Å². The topological polar surface area (TPSA) is 26.3 Å². The van der Waals surface area contributed by atoms with Gasteiger partial charge in [0.15, 0.2) is 5.78 Å². The molecule has 1 rings (SSSR count). The van der Waals surface area contributed by atoms with Crippen molar-refractivity contribution in [3.05, 3.63) is 29.8 Å². The van der Waals surface area contributed by atoms with Gasteiger partial charge >= 0.3 is 0 Å². The zero-order chi connectivity index (χ0) is 10.4. The summed E-state index contributed by atoms with van der Waals surface area (Å²) >= 11 is 5.48. The quantitative estimate of drug-likeness (QED) is 0.554. The maximum absolute atomic E-state index is 11.3. The second kappa shape index (κ2) is 5.66. The molecule has 1 aromatic rings. The van der Waals surface area contributed by atoms with Gasteiger partial charge in [-0.2, -0.15) is 0 Å². The molecule has 0 fully saturated rings. The van der Waals surface area contributed by atoms with E-state index in [4.69, 9.17) is 16.3 Å². The standard InChI is InChI=1S/C11H13ClO2/c1-2-11(13)9-3-5-10(6-4-9)14-8-7-12/h3-6H,2,7-8H2,1H3. The zero-order valence-electron chi connectivity index (χ0n) is 8.13. The van der Waals surface area contributed by atoms with Crippen LogP contribution in [0.3, 0.4) is 0 Å². The van der Waals surface area contributed by atoms with Gasteiger partial charge in [0.1, 0.15) is 12.4 Å². The number of alkyl halides is 1. The number of Topliss-reactive ketones (excluding diaryl/α,β-unsaturated/α-hetero) is 1. The van der Waals surface area contributed by atoms with Gasteiger partial charge in [0.2, 0.25) is 0 Å². The third-order valence-electron chi connectivity index (χ3n) is 1.84. The fraction of sp³-hybridized carbons (Fsp3) is 0.364. The molecule has 0 aromatic heterocycles. The molecule has 0 heterocycles. The molecule has 2 nitrogen and oxygen atoms in total. The summed E-state index contributed by atoms with van der Waals surface area (Å²) in [7, 11) is 0. The maximum Gasteiger partial charge on any atom is 0.162 e. The molecule has 0 unspecified atom stereocenters. The predicted octanol–water partition coefficient (Wildman–Crippen LogP) is 2.90. The number of ether oxygens (including phenoxy) is 1. The Morgan fingerprint density at radius 2 is 2.00 bits per heavy atom. The molecule has 0 aliphatic carbocycles. The van der Waals surface area contributed by atoms with Crippen LogP contribution >= 0.6 is 11.6 Å². The van der Waals surface area contributed by atoms with Crippen molar-refractivity contribution in [1.29, 1.82) is 0 Å². The molecule has 76 valence electrons. The molecule has 0 atom stereocenters. The largest absolute Gasteiger partial charge is 0.492 e. The Morgan fingerprint density at radius 1 is 1.36 bits per heavy atom. The van der Waals surface area contributed by atoms with E-state index in [9.17, 15) is 4.79 Å². The van der Waals surface area contributed by atoms with Gasteiger partial charge in [-0.05, 0) is 24.3 Å². The summed E-state index contributed by atoms with van der Waals surface area (Å²) in [4.78, 5) is 11.3. The summed E-state index contributed by atoms with van der Waals surface area (Å²) in [5.41, 5.74) is 0.728. The minimum Gasteiger partial charge on any atom is -0.492 e. The zero-order valence-corrected chi connectivity index (χ0v) is 8.88. The number of benzene rings is 1. The predicted molar refractivity (Wildman–Crippen MR) is 57.3 cm³/mol. The summed E-state index contributed by atoms with van der Waals surface area (Å²) < 4.78 is 5.28. The lowest BCUT2D eigenvalue weighted by Crippen LogP contribution is -1.99. The number of hydrogen-bond donors (Lipinski definition) is 0. The number of carbonyl (C=O) groups excluding carboxylic acids is 1. The molecule has 1 aromatic carbocycles. The SMILES string of the molecule is CCC(=O)c1ccc(OCCCl)cc1. The van der Waals surface area contributed by atoms with Crippen molar-refractivity contribution < 1.29 is 9.53 Å². The highest BCUT2D eigenvalue weighted by Gasteiger charge is 2.02. The van der Waals surface area contributed by atoms with Gasteiger partial charge in [-0.25, -0.2) is 0 Å². The van der Waals surface area contributed by atoms with E-state index < -0.39 is 0 Å². The minimum atomic E-state index is 0.147. The van der Waals surface area contributed by atoms with Crippen LogP contribution in [0.4, 0.5) is 0 Å². The van der Waals surface area contributed by atoms with E-state index in [1.807, 2.05) is 6.92 Å². The van der Waals surface area contributed by atoms with Crippen LogP contribution in [0.15, 0.2) is 24.3 Å². The summed E-state index contributed by atoms with van der Waals surface area (Å²) in [6.45, 7) is 2.34. The maximum atomic E-state index is 11.3. The Morgan fingerprint density at radius 3 is 2.50 bits per heavy atom. The van der Waals surface area contributed by atoms with E-state index in [1.165, 1.54) is 0 Å². The van der Waals surface area contributed by atoms with Crippen LogP contribution in [-0.2, 0) is 0 Å². The lowest BCUT2D eigenvalue weighted by Gasteiger charge is -2.04. The lowest BCUT2D eigenvalue weighted by molar-refractivity contribution is 0.0988. The van der Waals surface area contributed by atoms with Crippen molar-refractivity contribution in [2.75, 3.05) is 12.5 Å². The molecule has 0 saturated carbocycles. The highest BCUT2D eigenvalue weighted by Crippen LogP contribution is 2.13. The van der Waals surface area contributed by atoms with Gasteiger partial charge in [-0.15, -0.1) is 11.6 Å². The van der Waals surface area contributed by atoms with Crippen molar-refractivity contribution in [1.82, 2.24) is 0 Å². The molecule has 14 heavy (non-hydrogen) atoms. The van der Waals surface area contributed by atoms with Crippen molar-refractivity contribution in [3.8, 4) is 5.75 Å². The molecule has 0 amide bonds. The Labute approximate surface area is 88.8 Å². The highest BCUT2D eigenvalue weighted by atomic mass is 35.5. The van der Waals surface area contributed by atoms with Crippen molar-refractivity contribution >= 4 is 17.4 Å². The molecule has 0 radical (unpaired) electrons. The fourth-order valence-corrected chi connectivity index (χ4v) is 1.17. The normalized spacial score (nSPS) is 9.86. The fourth-order valence-electron chi connectivity index (χ4n) is 1.10. The second-order valence-electron chi connectivity index (χ2n) is 2.84. The van der Waals surface area contributed by atoms with Crippen LogP contribution in [0.5, 0.6) is 5.75 Å². The number of carbonyl (C=O) groups is 1. The van der Waals surface area contributed by atoms with E-state index in [1.54, 1.807) is 24.3 Å². The van der Waals surface area contributed by atoms with Gasteiger partial charge in [-0.3, -0.25) is 4.79 Å². The molecule has 3 heteroatoms. The molecule has 0 aliphatic heterocycles. The van der Waals surface area contributed by atoms with Crippen LogP contribution in [0.2, 0.25) is 0 Å². The Kier molecular flexibility index (Phi) is 4.47. The number of ketones is 1. The second-order valence-corrected chi connectivity index (χ2v) is 3.22. The van der Waals surface area contributed by atoms with E-state index in [2.05, 4.69) is 0 Å². The molecule has 0 spiro atoms. The summed E-state index contributed by atoms with van der Waals surface area (Å²) in [5.74, 6) is 1.36. The molecular weight excluding hydrogens is 200 g/mol. The van der Waals surface area contributed by atoms with E-state index in [0.29, 0.717) is 18.9 Å². The van der Waals surface area contributed by atoms with E-state index in [-0.39, 0.29) is 5.78 Å². The molecule has 0 saturated heterocycles. The van der Waals surface area contributed by atoms with Gasteiger partial charge < -0.3 is 4.74 Å². The van der Waals surface area contributed by atoms with Crippen LogP contribution in [0.25, 0.3) is 0 Å². The average molecular weight is 213 g/mol. The smallest absolute Gasteiger partial charge is 0.162 e. The Bertz CT molecular complexity index is 293. The van der Waals surface area contributed by atoms with Gasteiger partial charge in [0.25, 0.3) is 0 Å². The van der Waals surface area contributed by atoms with Gasteiger partial charge in [-0.1, -0.05) is 6.92 Å². The molecule has 0 aliphatic rings. The summed E-state index contributed by atoms with van der Waals surface area (Å²) in [6.07, 6.45) is 0.530. The number of hydrogen-bond acceptors (Lipinski definition) is 2. The van der Waals surface area contributed by atoms with Gasteiger partial charge in [0.05, 0.1) is 5.88 Å². The molecule has 0 N–H and O–H groups in total. The van der Waals surface area contributed by atoms with Gasteiger partial charge in [0, 0.05) is 12.0 Å². The van der Waals surface area contributed by atoms with Crippen molar-refractivity contribution in [3.63, 3.8) is 0 Å². The van der Waals surface area contributed by atoms with Crippen LogP contribution in [0.1, 0.15) is 23.7 Å². The monoisotopic (exact) mass is 212 g/mol. The average Bonchev–Trinajstić information content (AvgIpc) is 2.26. The number of halogens is 1. The van der Waals surface area contributed by atoms with Crippen LogP contribution in [0, 0.1) is 0 Å². The summed E-state index contributed by atoms with van der Waals surface area (Å²) in [6, 6.07) is 7.12. The number of rotatable bonds is 5. The summed E-state index contributed by atoms with van der Waals surface area (Å²) in [5, 5.41) is 0. The minimum absolute atomic E-state index is 0.147. The lowest BCUT2D eigenvalue weighted by atomic mass is 10.1. The van der Waals surface area contributed by atoms with Crippen molar-refractivity contribution in [2.45, 2.75) is 13.3 Å². The highest BCUT2D eigenvalue weighted by molar-refractivity contribution is 6.18. The van der Waals surface area contributed by atoms with E-state index in [0.717, 1.165) is 11.3 Å². The first-order chi connectivity index (χ1) is 6.77. The van der Waals surface area contributed by atoms with E-state index >= 15 is 0 Å². The first kappa shape index (κ1) is 11.1. The van der Waals surface area contributed by atoms with Crippen molar-refractivity contribution in [2.24, 2.45) is 0 Å². The molecule has 0 bridgehead atoms. The third-order valence-corrected chi connectivity index (χ3v) is 2.00. The Hall–Kier alpha value is -1.02.